The second-order valence-electron chi connectivity index (χ2n) is 5.26. The maximum atomic E-state index is 12.2. The van der Waals surface area contributed by atoms with Crippen molar-refractivity contribution in [1.29, 1.82) is 0 Å². The molecule has 1 aromatic carbocycles. The summed E-state index contributed by atoms with van der Waals surface area (Å²) in [7, 11) is -3.43. The first-order valence-corrected chi connectivity index (χ1v) is 9.40. The first-order chi connectivity index (χ1) is 10.1. The van der Waals surface area contributed by atoms with Crippen LogP contribution in [0.25, 0.3) is 0 Å². The molecule has 1 aromatic rings. The van der Waals surface area contributed by atoms with Gasteiger partial charge in [0.25, 0.3) is 0 Å². The Hall–Kier alpha value is -0.620. The Morgan fingerprint density at radius 1 is 1.24 bits per heavy atom. The number of ether oxygens (including phenoxy) is 1. The molecule has 1 unspecified atom stereocenters. The van der Waals surface area contributed by atoms with Crippen molar-refractivity contribution >= 4 is 21.6 Å². The predicted octanol–water partition coefficient (Wildman–Crippen LogP) is 2.71. The molecule has 1 fully saturated rings. The van der Waals surface area contributed by atoms with Crippen molar-refractivity contribution in [3.63, 3.8) is 0 Å². The van der Waals surface area contributed by atoms with Crippen LogP contribution in [0.4, 0.5) is 0 Å². The summed E-state index contributed by atoms with van der Waals surface area (Å²) in [5.74, 6) is 0.533. The summed E-state index contributed by atoms with van der Waals surface area (Å²) >= 11 is 5.67. The van der Waals surface area contributed by atoms with Crippen LogP contribution in [0.1, 0.15) is 31.2 Å². The molecule has 1 aliphatic heterocycles. The van der Waals surface area contributed by atoms with E-state index in [-0.39, 0.29) is 6.10 Å². The number of benzene rings is 1. The van der Waals surface area contributed by atoms with E-state index in [1.165, 1.54) is 6.42 Å². The number of aryl methyl sites for hydroxylation is 1. The van der Waals surface area contributed by atoms with Crippen LogP contribution < -0.4 is 4.72 Å². The lowest BCUT2D eigenvalue weighted by Gasteiger charge is -2.22. The van der Waals surface area contributed by atoms with Gasteiger partial charge in [-0.15, -0.1) is 11.6 Å². The number of rotatable bonds is 7. The zero-order valence-electron chi connectivity index (χ0n) is 12.1. The van der Waals surface area contributed by atoms with Gasteiger partial charge in [0.2, 0.25) is 10.0 Å². The Morgan fingerprint density at radius 2 is 2.00 bits per heavy atom. The van der Waals surface area contributed by atoms with Gasteiger partial charge in [-0.2, -0.15) is 0 Å². The summed E-state index contributed by atoms with van der Waals surface area (Å²) in [5.41, 5.74) is 1.04. The molecule has 0 amide bonds. The number of hydrogen-bond acceptors (Lipinski definition) is 3. The van der Waals surface area contributed by atoms with Crippen molar-refractivity contribution in [3.05, 3.63) is 29.8 Å². The lowest BCUT2D eigenvalue weighted by Crippen LogP contribution is -2.29. The highest BCUT2D eigenvalue weighted by molar-refractivity contribution is 7.89. The topological polar surface area (TPSA) is 55.4 Å². The van der Waals surface area contributed by atoms with Crippen molar-refractivity contribution in [2.24, 2.45) is 0 Å². The van der Waals surface area contributed by atoms with Crippen molar-refractivity contribution in [2.45, 2.75) is 43.1 Å². The van der Waals surface area contributed by atoms with Gasteiger partial charge >= 0.3 is 0 Å². The van der Waals surface area contributed by atoms with E-state index in [1.807, 2.05) is 0 Å². The summed E-state index contributed by atoms with van der Waals surface area (Å²) in [6, 6.07) is 6.87. The summed E-state index contributed by atoms with van der Waals surface area (Å²) in [5, 5.41) is 0. The summed E-state index contributed by atoms with van der Waals surface area (Å²) in [4.78, 5) is 0.297. The molecule has 6 heteroatoms. The van der Waals surface area contributed by atoms with E-state index in [0.29, 0.717) is 17.3 Å². The molecule has 1 N–H and O–H groups in total. The minimum absolute atomic E-state index is 0.188. The van der Waals surface area contributed by atoms with E-state index in [4.69, 9.17) is 16.3 Å². The Balaban J connectivity index is 1.85. The van der Waals surface area contributed by atoms with Gasteiger partial charge in [0.05, 0.1) is 11.0 Å². The number of alkyl halides is 1. The van der Waals surface area contributed by atoms with Crippen LogP contribution in [0.15, 0.2) is 29.2 Å². The van der Waals surface area contributed by atoms with Gasteiger partial charge in [0.15, 0.2) is 0 Å². The van der Waals surface area contributed by atoms with Crippen LogP contribution in [0.3, 0.4) is 0 Å². The SMILES string of the molecule is O=S(=O)(NCCC1CCCCO1)c1ccc(CCCl)cc1. The van der Waals surface area contributed by atoms with E-state index < -0.39 is 10.0 Å². The molecule has 0 aromatic heterocycles. The van der Waals surface area contributed by atoms with Gasteiger partial charge < -0.3 is 4.74 Å². The van der Waals surface area contributed by atoms with Crippen LogP contribution in [-0.4, -0.2) is 33.6 Å². The average molecular weight is 332 g/mol. The van der Waals surface area contributed by atoms with Crippen LogP contribution in [0.5, 0.6) is 0 Å². The molecule has 4 nitrogen and oxygen atoms in total. The Labute approximate surface area is 131 Å². The summed E-state index contributed by atoms with van der Waals surface area (Å²) in [6.07, 6.45) is 4.95. The fourth-order valence-electron chi connectivity index (χ4n) is 2.42. The van der Waals surface area contributed by atoms with Gasteiger partial charge in [-0.3, -0.25) is 0 Å². The van der Waals surface area contributed by atoms with Gasteiger partial charge in [-0.1, -0.05) is 12.1 Å². The van der Waals surface area contributed by atoms with E-state index >= 15 is 0 Å². The molecule has 0 spiro atoms. The van der Waals surface area contributed by atoms with Crippen molar-refractivity contribution in [1.82, 2.24) is 4.72 Å². The van der Waals surface area contributed by atoms with Gasteiger partial charge in [0, 0.05) is 19.0 Å². The molecule has 118 valence electrons. The highest BCUT2D eigenvalue weighted by Crippen LogP contribution is 2.16. The zero-order chi connectivity index (χ0) is 15.1. The Kier molecular flexibility index (Phi) is 6.48. The number of sulfonamides is 1. The van der Waals surface area contributed by atoms with Crippen LogP contribution in [0, 0.1) is 0 Å². The fraction of sp³-hybridized carbons (Fsp3) is 0.600. The lowest BCUT2D eigenvalue weighted by molar-refractivity contribution is 0.0123. The standard InChI is InChI=1S/C15H22ClNO3S/c16-10-8-13-4-6-15(7-5-13)21(18,19)17-11-9-14-3-1-2-12-20-14/h4-7,14,17H,1-3,8-12H2. The maximum absolute atomic E-state index is 12.2. The summed E-state index contributed by atoms with van der Waals surface area (Å²) < 4.78 is 32.6. The second kappa shape index (κ2) is 8.13. The number of hydrogen-bond donors (Lipinski definition) is 1. The molecule has 1 aliphatic rings. The molecule has 21 heavy (non-hydrogen) atoms. The summed E-state index contributed by atoms with van der Waals surface area (Å²) in [6.45, 7) is 1.20. The van der Waals surface area contributed by atoms with Gasteiger partial charge in [-0.05, 0) is 49.8 Å². The normalized spacial score (nSPS) is 19.6. The zero-order valence-corrected chi connectivity index (χ0v) is 13.6. The van der Waals surface area contributed by atoms with Gasteiger partial charge in [0.1, 0.15) is 0 Å². The fourth-order valence-corrected chi connectivity index (χ4v) is 3.68. The smallest absolute Gasteiger partial charge is 0.240 e. The highest BCUT2D eigenvalue weighted by atomic mass is 35.5. The molecule has 2 rings (SSSR count). The monoisotopic (exact) mass is 331 g/mol. The van der Waals surface area contributed by atoms with E-state index in [2.05, 4.69) is 4.72 Å². The quantitative estimate of drug-likeness (QED) is 0.782. The minimum atomic E-state index is -3.43. The molecule has 0 aliphatic carbocycles. The van der Waals surface area contributed by atoms with Gasteiger partial charge in [-0.25, -0.2) is 13.1 Å². The van der Waals surface area contributed by atoms with E-state index in [0.717, 1.165) is 37.9 Å². The maximum Gasteiger partial charge on any atom is 0.240 e. The third-order valence-electron chi connectivity index (χ3n) is 3.65. The number of nitrogens with one attached hydrogen (secondary N) is 1. The Bertz CT molecular complexity index is 524. The molecule has 0 radical (unpaired) electrons. The Morgan fingerprint density at radius 3 is 2.62 bits per heavy atom. The molecular formula is C15H22ClNO3S. The third kappa shape index (κ3) is 5.25. The first kappa shape index (κ1) is 16.7. The molecule has 1 atom stereocenters. The molecular weight excluding hydrogens is 310 g/mol. The van der Waals surface area contributed by atoms with Crippen LogP contribution >= 0.6 is 11.6 Å². The van der Waals surface area contributed by atoms with E-state index in [9.17, 15) is 8.42 Å². The molecule has 1 saturated heterocycles. The van der Waals surface area contributed by atoms with Crippen LogP contribution in [0.2, 0.25) is 0 Å². The number of halogens is 1. The van der Waals surface area contributed by atoms with E-state index in [1.54, 1.807) is 24.3 Å². The largest absolute Gasteiger partial charge is 0.378 e. The first-order valence-electron chi connectivity index (χ1n) is 7.38. The average Bonchev–Trinajstić information content (AvgIpc) is 2.49. The molecule has 0 saturated carbocycles. The molecule has 1 heterocycles. The van der Waals surface area contributed by atoms with Crippen molar-refractivity contribution < 1.29 is 13.2 Å². The predicted molar refractivity (Wildman–Crippen MR) is 84.3 cm³/mol. The molecule has 0 bridgehead atoms. The second-order valence-corrected chi connectivity index (χ2v) is 7.40. The van der Waals surface area contributed by atoms with Crippen molar-refractivity contribution in [2.75, 3.05) is 19.0 Å². The van der Waals surface area contributed by atoms with Crippen LogP contribution in [-0.2, 0) is 21.2 Å². The minimum Gasteiger partial charge on any atom is -0.378 e. The lowest BCUT2D eigenvalue weighted by atomic mass is 10.1. The van der Waals surface area contributed by atoms with Crippen molar-refractivity contribution in [3.8, 4) is 0 Å². The highest BCUT2D eigenvalue weighted by Gasteiger charge is 2.17. The third-order valence-corrected chi connectivity index (χ3v) is 5.32.